The summed E-state index contributed by atoms with van der Waals surface area (Å²) in [5.74, 6) is 0. The maximum atomic E-state index is 9.14. The average Bonchev–Trinajstić information content (AvgIpc) is 2.93. The summed E-state index contributed by atoms with van der Waals surface area (Å²) < 4.78 is 8.24. The predicted octanol–water partition coefficient (Wildman–Crippen LogP) is 4.26. The van der Waals surface area contributed by atoms with Gasteiger partial charge < -0.3 is 4.42 Å². The lowest BCUT2D eigenvalue weighted by molar-refractivity contribution is -0.660. The average molecular weight is 299 g/mol. The topological polar surface area (TPSA) is 40.8 Å². The zero-order valence-corrected chi connectivity index (χ0v) is 13.0. The molecule has 110 valence electrons. The fourth-order valence-corrected chi connectivity index (χ4v) is 3.11. The summed E-state index contributed by atoms with van der Waals surface area (Å²) in [6.07, 6.45) is 2.03. The molecule has 2 heterocycles. The van der Waals surface area contributed by atoms with E-state index in [1.54, 1.807) is 6.07 Å². The highest BCUT2D eigenvalue weighted by atomic mass is 16.3. The van der Waals surface area contributed by atoms with Gasteiger partial charge in [0.25, 0.3) is 0 Å². The molecule has 3 nitrogen and oxygen atoms in total. The van der Waals surface area contributed by atoms with Crippen molar-refractivity contribution in [3.05, 3.63) is 65.9 Å². The van der Waals surface area contributed by atoms with Gasteiger partial charge in [-0.15, -0.1) is 0 Å². The normalized spacial score (nSPS) is 11.0. The van der Waals surface area contributed by atoms with Gasteiger partial charge in [-0.1, -0.05) is 12.1 Å². The Morgan fingerprint density at radius 1 is 1.04 bits per heavy atom. The molecule has 0 bridgehead atoms. The van der Waals surface area contributed by atoms with E-state index >= 15 is 0 Å². The van der Waals surface area contributed by atoms with Gasteiger partial charge in [0.2, 0.25) is 5.69 Å². The molecule has 0 fully saturated rings. The number of aryl methyl sites for hydroxylation is 2. The van der Waals surface area contributed by atoms with Crippen molar-refractivity contribution in [3.8, 4) is 17.3 Å². The number of fused-ring (bicyclic) bond motifs is 3. The number of hydrogen-bond donors (Lipinski definition) is 0. The van der Waals surface area contributed by atoms with Gasteiger partial charge >= 0.3 is 0 Å². The Balaban J connectivity index is 2.15. The molecule has 0 aliphatic heterocycles. The van der Waals surface area contributed by atoms with Crippen LogP contribution < -0.4 is 4.57 Å². The van der Waals surface area contributed by atoms with E-state index < -0.39 is 0 Å². The SMILES string of the molecule is Cc1ccc2c(oc3ccc(C#N)cc32)c1-c1cccc[n+]1C. The van der Waals surface area contributed by atoms with Crippen LogP contribution in [0.15, 0.2) is 59.1 Å². The van der Waals surface area contributed by atoms with Crippen molar-refractivity contribution >= 4 is 21.9 Å². The van der Waals surface area contributed by atoms with Crippen molar-refractivity contribution in [1.82, 2.24) is 0 Å². The zero-order chi connectivity index (χ0) is 16.0. The van der Waals surface area contributed by atoms with Gasteiger partial charge in [0, 0.05) is 22.9 Å². The van der Waals surface area contributed by atoms with Gasteiger partial charge in [-0.05, 0) is 36.8 Å². The lowest BCUT2D eigenvalue weighted by Crippen LogP contribution is -2.30. The van der Waals surface area contributed by atoms with Crippen LogP contribution in [0.4, 0.5) is 0 Å². The molecule has 3 heteroatoms. The molecule has 0 spiro atoms. The second kappa shape index (κ2) is 4.96. The van der Waals surface area contributed by atoms with Crippen molar-refractivity contribution < 1.29 is 8.98 Å². The molecule has 0 N–H and O–H groups in total. The fourth-order valence-electron chi connectivity index (χ4n) is 3.11. The van der Waals surface area contributed by atoms with E-state index in [1.807, 2.05) is 37.5 Å². The van der Waals surface area contributed by atoms with Gasteiger partial charge in [-0.2, -0.15) is 5.26 Å². The van der Waals surface area contributed by atoms with Crippen LogP contribution in [0, 0.1) is 18.3 Å². The van der Waals surface area contributed by atoms with Crippen LogP contribution in [-0.4, -0.2) is 0 Å². The molecule has 23 heavy (non-hydrogen) atoms. The molecule has 0 unspecified atom stereocenters. The highest BCUT2D eigenvalue weighted by Gasteiger charge is 2.19. The Kier molecular flexibility index (Phi) is 2.92. The first kappa shape index (κ1) is 13.5. The third kappa shape index (κ3) is 2.00. The summed E-state index contributed by atoms with van der Waals surface area (Å²) in [7, 11) is 2.03. The Morgan fingerprint density at radius 3 is 2.70 bits per heavy atom. The largest absolute Gasteiger partial charge is 0.455 e. The predicted molar refractivity (Wildman–Crippen MR) is 89.8 cm³/mol. The van der Waals surface area contributed by atoms with Crippen molar-refractivity contribution in [2.45, 2.75) is 6.92 Å². The van der Waals surface area contributed by atoms with Gasteiger partial charge in [0.15, 0.2) is 6.20 Å². The first-order valence-corrected chi connectivity index (χ1v) is 7.50. The van der Waals surface area contributed by atoms with Crippen LogP contribution in [0.5, 0.6) is 0 Å². The molecule has 4 aromatic rings. The number of nitrogens with zero attached hydrogens (tertiary/aromatic N) is 2. The Bertz CT molecular complexity index is 1100. The number of aromatic nitrogens is 1. The summed E-state index contributed by atoms with van der Waals surface area (Å²) in [6, 6.07) is 18.1. The molecule has 0 aliphatic carbocycles. The van der Waals surface area contributed by atoms with E-state index in [-0.39, 0.29) is 0 Å². The number of benzene rings is 2. The molecule has 0 saturated heterocycles. The van der Waals surface area contributed by atoms with Gasteiger partial charge in [0.1, 0.15) is 18.2 Å². The van der Waals surface area contributed by atoms with Crippen molar-refractivity contribution in [1.29, 1.82) is 5.26 Å². The molecular weight excluding hydrogens is 284 g/mol. The highest BCUT2D eigenvalue weighted by molar-refractivity contribution is 6.10. The molecule has 0 saturated carbocycles. The van der Waals surface area contributed by atoms with E-state index in [0.29, 0.717) is 5.56 Å². The Morgan fingerprint density at radius 2 is 1.91 bits per heavy atom. The van der Waals surface area contributed by atoms with Crippen molar-refractivity contribution in [2.24, 2.45) is 7.05 Å². The fraction of sp³-hybridized carbons (Fsp3) is 0.100. The zero-order valence-electron chi connectivity index (χ0n) is 13.0. The summed E-state index contributed by atoms with van der Waals surface area (Å²) in [6.45, 7) is 2.09. The van der Waals surface area contributed by atoms with Crippen LogP contribution >= 0.6 is 0 Å². The third-order valence-electron chi connectivity index (χ3n) is 4.29. The lowest BCUT2D eigenvalue weighted by atomic mass is 10.0. The summed E-state index contributed by atoms with van der Waals surface area (Å²) in [5, 5.41) is 11.2. The molecule has 0 aliphatic rings. The van der Waals surface area contributed by atoms with E-state index in [9.17, 15) is 0 Å². The third-order valence-corrected chi connectivity index (χ3v) is 4.29. The summed E-state index contributed by atoms with van der Waals surface area (Å²) in [4.78, 5) is 0. The summed E-state index contributed by atoms with van der Waals surface area (Å²) in [5.41, 5.74) is 5.70. The number of pyridine rings is 1. The van der Waals surface area contributed by atoms with Crippen molar-refractivity contribution in [3.63, 3.8) is 0 Å². The van der Waals surface area contributed by atoms with Gasteiger partial charge in [0.05, 0.1) is 17.2 Å². The smallest absolute Gasteiger partial charge is 0.216 e. The maximum absolute atomic E-state index is 9.14. The van der Waals surface area contributed by atoms with Crippen LogP contribution in [0.2, 0.25) is 0 Å². The van der Waals surface area contributed by atoms with Crippen LogP contribution in [0.25, 0.3) is 33.2 Å². The van der Waals surface area contributed by atoms with E-state index in [0.717, 1.165) is 33.2 Å². The molecule has 0 atom stereocenters. The second-order valence-electron chi connectivity index (χ2n) is 5.76. The molecule has 0 radical (unpaired) electrons. The number of nitriles is 1. The lowest BCUT2D eigenvalue weighted by Gasteiger charge is -2.04. The van der Waals surface area contributed by atoms with E-state index in [1.165, 1.54) is 5.56 Å². The Labute approximate surface area is 134 Å². The number of furan rings is 1. The first-order valence-electron chi connectivity index (χ1n) is 7.50. The summed E-state index contributed by atoms with van der Waals surface area (Å²) >= 11 is 0. The highest BCUT2D eigenvalue weighted by Crippen LogP contribution is 2.36. The Hall–Kier alpha value is -3.12. The van der Waals surface area contributed by atoms with Crippen LogP contribution in [0.3, 0.4) is 0 Å². The monoisotopic (exact) mass is 299 g/mol. The van der Waals surface area contributed by atoms with Crippen LogP contribution in [-0.2, 0) is 7.05 Å². The van der Waals surface area contributed by atoms with Gasteiger partial charge in [-0.25, -0.2) is 4.57 Å². The number of rotatable bonds is 1. The first-order chi connectivity index (χ1) is 11.2. The molecule has 2 aromatic carbocycles. The van der Waals surface area contributed by atoms with Crippen molar-refractivity contribution in [2.75, 3.05) is 0 Å². The maximum Gasteiger partial charge on any atom is 0.216 e. The minimum atomic E-state index is 0.646. The minimum Gasteiger partial charge on any atom is -0.455 e. The van der Waals surface area contributed by atoms with Crippen LogP contribution in [0.1, 0.15) is 11.1 Å². The molecule has 4 rings (SSSR count). The standard InChI is InChI=1S/C20H15N2O/c1-13-6-8-15-16-11-14(12-21)7-9-18(16)23-20(15)19(13)17-5-3-4-10-22(17)2/h3-11H,1-2H3/q+1. The van der Waals surface area contributed by atoms with E-state index in [2.05, 4.69) is 35.8 Å². The minimum absolute atomic E-state index is 0.646. The number of hydrogen-bond acceptors (Lipinski definition) is 2. The molecule has 2 aromatic heterocycles. The quantitative estimate of drug-likeness (QED) is 0.493. The molecular formula is C20H15N2O+. The van der Waals surface area contributed by atoms with Gasteiger partial charge in [-0.3, -0.25) is 0 Å². The van der Waals surface area contributed by atoms with E-state index in [4.69, 9.17) is 9.68 Å². The second-order valence-corrected chi connectivity index (χ2v) is 5.76. The molecule has 0 amide bonds.